The SMILES string of the molecule is [B]c1ncc(C)cc1CO. The van der Waals surface area contributed by atoms with E-state index in [2.05, 4.69) is 4.98 Å². The normalized spacial score (nSPS) is 9.80. The molecule has 0 bridgehead atoms. The number of aryl methyl sites for hydroxylation is 1. The predicted molar refractivity (Wildman–Crippen MR) is 40.3 cm³/mol. The summed E-state index contributed by atoms with van der Waals surface area (Å²) in [7, 11) is 5.43. The first-order valence-corrected chi connectivity index (χ1v) is 3.06. The summed E-state index contributed by atoms with van der Waals surface area (Å²) in [5.41, 5.74) is 2.12. The van der Waals surface area contributed by atoms with Crippen LogP contribution in [-0.2, 0) is 6.61 Å². The first-order valence-electron chi connectivity index (χ1n) is 3.06. The van der Waals surface area contributed by atoms with Gasteiger partial charge in [-0.2, -0.15) is 0 Å². The van der Waals surface area contributed by atoms with Crippen molar-refractivity contribution in [1.82, 2.24) is 4.98 Å². The van der Waals surface area contributed by atoms with Crippen LogP contribution in [0.4, 0.5) is 0 Å². The molecule has 1 rings (SSSR count). The van der Waals surface area contributed by atoms with Gasteiger partial charge >= 0.3 is 0 Å². The van der Waals surface area contributed by atoms with E-state index in [4.69, 9.17) is 13.0 Å². The van der Waals surface area contributed by atoms with Gasteiger partial charge in [-0.05, 0) is 23.6 Å². The van der Waals surface area contributed by atoms with Crippen molar-refractivity contribution in [2.45, 2.75) is 13.5 Å². The highest BCUT2D eigenvalue weighted by molar-refractivity contribution is 6.31. The van der Waals surface area contributed by atoms with Gasteiger partial charge < -0.3 is 5.11 Å². The fourth-order valence-corrected chi connectivity index (χ4v) is 0.767. The lowest BCUT2D eigenvalue weighted by atomic mass is 9.97. The van der Waals surface area contributed by atoms with Crippen LogP contribution in [0.3, 0.4) is 0 Å². The second-order valence-corrected chi connectivity index (χ2v) is 2.22. The van der Waals surface area contributed by atoms with E-state index in [0.717, 1.165) is 5.56 Å². The molecular weight excluding hydrogens is 125 g/mol. The summed E-state index contributed by atoms with van der Waals surface area (Å²) in [5, 5.41) is 8.72. The van der Waals surface area contributed by atoms with Crippen LogP contribution < -0.4 is 5.59 Å². The molecule has 0 aromatic carbocycles. The van der Waals surface area contributed by atoms with E-state index in [9.17, 15) is 0 Å². The van der Waals surface area contributed by atoms with Gasteiger partial charge in [-0.1, -0.05) is 6.07 Å². The van der Waals surface area contributed by atoms with Gasteiger partial charge in [0, 0.05) is 6.20 Å². The number of nitrogens with zero attached hydrogens (tertiary/aromatic N) is 1. The lowest BCUT2D eigenvalue weighted by Gasteiger charge is -2.01. The zero-order valence-corrected chi connectivity index (χ0v) is 5.83. The van der Waals surface area contributed by atoms with E-state index < -0.39 is 0 Å². The highest BCUT2D eigenvalue weighted by Crippen LogP contribution is 1.96. The second-order valence-electron chi connectivity index (χ2n) is 2.22. The first-order chi connectivity index (χ1) is 4.74. The summed E-state index contributed by atoms with van der Waals surface area (Å²) in [4.78, 5) is 3.87. The Balaban J connectivity index is 3.09. The van der Waals surface area contributed by atoms with Gasteiger partial charge in [0.2, 0.25) is 0 Å². The molecule has 0 saturated heterocycles. The number of aromatic nitrogens is 1. The largest absolute Gasteiger partial charge is 0.392 e. The molecule has 3 heteroatoms. The van der Waals surface area contributed by atoms with Crippen molar-refractivity contribution < 1.29 is 5.11 Å². The van der Waals surface area contributed by atoms with Gasteiger partial charge in [0.25, 0.3) is 0 Å². The van der Waals surface area contributed by atoms with E-state index in [1.807, 2.05) is 13.0 Å². The number of hydrogen-bond acceptors (Lipinski definition) is 2. The van der Waals surface area contributed by atoms with Crippen LogP contribution in [0.15, 0.2) is 12.3 Å². The maximum atomic E-state index is 8.72. The quantitative estimate of drug-likeness (QED) is 0.532. The minimum atomic E-state index is -0.0412. The standard InChI is InChI=1S/C7H8BNO/c1-5-2-6(4-10)7(8)9-3-5/h2-3,10H,4H2,1H3. The van der Waals surface area contributed by atoms with E-state index in [-0.39, 0.29) is 6.61 Å². The molecule has 1 N–H and O–H groups in total. The van der Waals surface area contributed by atoms with Crippen LogP contribution >= 0.6 is 0 Å². The molecule has 2 radical (unpaired) electrons. The van der Waals surface area contributed by atoms with E-state index in [1.54, 1.807) is 6.20 Å². The molecule has 1 heterocycles. The van der Waals surface area contributed by atoms with Crippen molar-refractivity contribution >= 4 is 13.4 Å². The van der Waals surface area contributed by atoms with Gasteiger partial charge in [0.1, 0.15) is 7.85 Å². The lowest BCUT2D eigenvalue weighted by Crippen LogP contribution is -2.14. The molecule has 0 amide bonds. The van der Waals surface area contributed by atoms with Gasteiger partial charge in [0.15, 0.2) is 0 Å². The van der Waals surface area contributed by atoms with Crippen LogP contribution in [0, 0.1) is 6.92 Å². The molecule has 0 aliphatic rings. The number of aliphatic hydroxyl groups is 1. The number of rotatable bonds is 1. The summed E-state index contributed by atoms with van der Waals surface area (Å²) in [6.07, 6.45) is 1.68. The summed E-state index contributed by atoms with van der Waals surface area (Å²) in [6.45, 7) is 1.87. The van der Waals surface area contributed by atoms with Crippen molar-refractivity contribution in [3.63, 3.8) is 0 Å². The topological polar surface area (TPSA) is 33.1 Å². The Morgan fingerprint density at radius 3 is 2.90 bits per heavy atom. The first kappa shape index (κ1) is 7.28. The van der Waals surface area contributed by atoms with E-state index >= 15 is 0 Å². The minimum absolute atomic E-state index is 0.0412. The highest BCUT2D eigenvalue weighted by atomic mass is 16.3. The molecule has 0 spiro atoms. The number of hydrogen-bond donors (Lipinski definition) is 1. The third-order valence-electron chi connectivity index (χ3n) is 1.31. The molecule has 0 fully saturated rings. The number of aliphatic hydroxyl groups excluding tert-OH is 1. The molecule has 50 valence electrons. The smallest absolute Gasteiger partial charge is 0.142 e. The highest BCUT2D eigenvalue weighted by Gasteiger charge is 1.95. The average Bonchev–Trinajstić information content (AvgIpc) is 1.94. The summed E-state index contributed by atoms with van der Waals surface area (Å²) < 4.78 is 0. The summed E-state index contributed by atoms with van der Waals surface area (Å²) >= 11 is 0. The Hall–Kier alpha value is -0.825. The van der Waals surface area contributed by atoms with Crippen molar-refractivity contribution in [2.24, 2.45) is 0 Å². The third kappa shape index (κ3) is 1.36. The van der Waals surface area contributed by atoms with Crippen LogP contribution in [0.25, 0.3) is 0 Å². The summed E-state index contributed by atoms with van der Waals surface area (Å²) in [6, 6.07) is 1.82. The van der Waals surface area contributed by atoms with Crippen molar-refractivity contribution in [2.75, 3.05) is 0 Å². The fourth-order valence-electron chi connectivity index (χ4n) is 0.767. The maximum absolute atomic E-state index is 8.72. The molecule has 1 aromatic rings. The monoisotopic (exact) mass is 133 g/mol. The fraction of sp³-hybridized carbons (Fsp3) is 0.286. The van der Waals surface area contributed by atoms with Crippen LogP contribution in [-0.4, -0.2) is 17.9 Å². The molecule has 0 aliphatic carbocycles. The Morgan fingerprint density at radius 2 is 2.40 bits per heavy atom. The molecule has 0 aliphatic heterocycles. The zero-order chi connectivity index (χ0) is 7.56. The molecule has 0 atom stereocenters. The zero-order valence-electron chi connectivity index (χ0n) is 5.83. The van der Waals surface area contributed by atoms with Crippen LogP contribution in [0.2, 0.25) is 0 Å². The molecule has 0 unspecified atom stereocenters. The van der Waals surface area contributed by atoms with Gasteiger partial charge in [0.05, 0.1) is 6.61 Å². The van der Waals surface area contributed by atoms with Gasteiger partial charge in [-0.15, -0.1) is 0 Å². The third-order valence-corrected chi connectivity index (χ3v) is 1.31. The molecule has 1 aromatic heterocycles. The maximum Gasteiger partial charge on any atom is 0.142 e. The Labute approximate surface area is 61.3 Å². The van der Waals surface area contributed by atoms with Crippen molar-refractivity contribution in [1.29, 1.82) is 0 Å². The van der Waals surface area contributed by atoms with Crippen LogP contribution in [0.5, 0.6) is 0 Å². The lowest BCUT2D eigenvalue weighted by molar-refractivity contribution is 0.282. The molecule has 0 saturated carbocycles. The Bertz CT molecular complexity index is 237. The van der Waals surface area contributed by atoms with Crippen LogP contribution in [0.1, 0.15) is 11.1 Å². The van der Waals surface area contributed by atoms with Crippen molar-refractivity contribution in [3.8, 4) is 0 Å². The summed E-state index contributed by atoms with van der Waals surface area (Å²) in [5.74, 6) is 0. The molecule has 2 nitrogen and oxygen atoms in total. The van der Waals surface area contributed by atoms with Gasteiger partial charge in [-0.3, -0.25) is 4.98 Å². The number of pyridine rings is 1. The van der Waals surface area contributed by atoms with Gasteiger partial charge in [-0.25, -0.2) is 0 Å². The van der Waals surface area contributed by atoms with Crippen molar-refractivity contribution in [3.05, 3.63) is 23.4 Å². The average molecular weight is 133 g/mol. The Morgan fingerprint density at radius 1 is 1.70 bits per heavy atom. The Kier molecular flexibility index (Phi) is 2.07. The predicted octanol–water partition coefficient (Wildman–Crippen LogP) is -0.324. The van der Waals surface area contributed by atoms with E-state index in [1.165, 1.54) is 0 Å². The molecule has 10 heavy (non-hydrogen) atoms. The second kappa shape index (κ2) is 2.84. The minimum Gasteiger partial charge on any atom is -0.392 e. The van der Waals surface area contributed by atoms with E-state index in [0.29, 0.717) is 11.2 Å². The molecular formula is C7H8BNO.